The van der Waals surface area contributed by atoms with Gasteiger partial charge in [-0.25, -0.2) is 0 Å². The van der Waals surface area contributed by atoms with Crippen LogP contribution in [0.5, 0.6) is 0 Å². The van der Waals surface area contributed by atoms with Crippen LogP contribution < -0.4 is 4.90 Å². The fourth-order valence-corrected chi connectivity index (χ4v) is 3.28. The predicted molar refractivity (Wildman–Crippen MR) is 81.9 cm³/mol. The molecular weight excluding hydrogens is 272 g/mol. The normalized spacial score (nSPS) is 18.9. The van der Waals surface area contributed by atoms with Crippen LogP contribution in [-0.4, -0.2) is 28.3 Å². The van der Waals surface area contributed by atoms with Crippen LogP contribution in [0.15, 0.2) is 30.5 Å². The van der Waals surface area contributed by atoms with Crippen molar-refractivity contribution in [1.82, 2.24) is 4.98 Å². The summed E-state index contributed by atoms with van der Waals surface area (Å²) in [4.78, 5) is 28.1. The number of aromatic nitrogens is 1. The van der Waals surface area contributed by atoms with Crippen molar-refractivity contribution in [3.8, 4) is 0 Å². The molecule has 0 bridgehead atoms. The first kappa shape index (κ1) is 13.2. The van der Waals surface area contributed by atoms with Crippen molar-refractivity contribution >= 4 is 39.4 Å². The molecule has 5 heteroatoms. The molecule has 0 radical (unpaired) electrons. The monoisotopic (exact) mass is 288 g/mol. The molecule has 104 valence electrons. The van der Waals surface area contributed by atoms with Gasteiger partial charge in [0.25, 0.3) is 0 Å². The molecule has 2 aromatic rings. The fourth-order valence-electron chi connectivity index (χ4n) is 2.59. The fraction of sp³-hybridized carbons (Fsp3) is 0.333. The minimum atomic E-state index is 0.115. The van der Waals surface area contributed by atoms with E-state index < -0.39 is 0 Å². The number of carbonyl (C=O) groups excluding carboxylic acids is 2. The molecule has 1 aliphatic heterocycles. The first-order valence-electron chi connectivity index (χ1n) is 6.64. The number of amides is 1. The lowest BCUT2D eigenvalue weighted by atomic mass is 10.1. The molecule has 0 saturated carbocycles. The van der Waals surface area contributed by atoms with E-state index in [9.17, 15) is 9.59 Å². The van der Waals surface area contributed by atoms with Crippen LogP contribution in [0, 0.1) is 5.92 Å². The third-order valence-electron chi connectivity index (χ3n) is 3.58. The molecule has 1 saturated heterocycles. The summed E-state index contributed by atoms with van der Waals surface area (Å²) in [5, 5.41) is 1.22. The summed E-state index contributed by atoms with van der Waals surface area (Å²) in [7, 11) is 0. The van der Waals surface area contributed by atoms with E-state index in [1.165, 1.54) is 11.8 Å². The third kappa shape index (κ3) is 2.58. The highest BCUT2D eigenvalue weighted by Crippen LogP contribution is 2.29. The highest BCUT2D eigenvalue weighted by atomic mass is 32.2. The summed E-state index contributed by atoms with van der Waals surface area (Å²) < 4.78 is 0. The lowest BCUT2D eigenvalue weighted by Gasteiger charge is -2.16. The smallest absolute Gasteiger partial charge is 0.227 e. The summed E-state index contributed by atoms with van der Waals surface area (Å²) in [5.41, 5.74) is 2.02. The largest absolute Gasteiger partial charge is 0.361 e. The second-order valence-electron chi connectivity index (χ2n) is 5.13. The molecule has 1 aromatic heterocycles. The van der Waals surface area contributed by atoms with Crippen LogP contribution in [0.4, 0.5) is 5.69 Å². The molecule has 1 amide bonds. The number of hydrogen-bond acceptors (Lipinski definition) is 3. The third-order valence-corrected chi connectivity index (χ3v) is 4.62. The standard InChI is InChI=1S/C15H16N2O2S/c1-10(18)20-9-11-6-15(19)17(8-11)13-2-3-14-12(7-13)4-5-16-14/h2-5,7,11,16H,6,8-9H2,1H3. The number of thioether (sulfide) groups is 1. The van der Waals surface area contributed by atoms with Gasteiger partial charge in [-0.1, -0.05) is 11.8 Å². The summed E-state index contributed by atoms with van der Waals surface area (Å²) in [6, 6.07) is 8.00. The zero-order valence-electron chi connectivity index (χ0n) is 11.3. The number of benzene rings is 1. The Hall–Kier alpha value is -1.75. The maximum absolute atomic E-state index is 12.1. The number of anilines is 1. The summed E-state index contributed by atoms with van der Waals surface area (Å²) in [5.74, 6) is 1.14. The summed E-state index contributed by atoms with van der Waals surface area (Å²) in [6.45, 7) is 2.27. The van der Waals surface area contributed by atoms with Gasteiger partial charge in [-0.3, -0.25) is 9.59 Å². The second kappa shape index (κ2) is 5.32. The molecule has 1 aliphatic rings. The number of fused-ring (bicyclic) bond motifs is 1. The van der Waals surface area contributed by atoms with Crippen LogP contribution in [-0.2, 0) is 9.59 Å². The first-order chi connectivity index (χ1) is 9.63. The molecule has 0 aliphatic carbocycles. The van der Waals surface area contributed by atoms with Crippen LogP contribution in [0.25, 0.3) is 10.9 Å². The number of carbonyl (C=O) groups is 2. The van der Waals surface area contributed by atoms with Gasteiger partial charge in [0.2, 0.25) is 5.91 Å². The number of nitrogens with one attached hydrogen (secondary N) is 1. The quantitative estimate of drug-likeness (QED) is 0.945. The molecule has 0 spiro atoms. The minimum absolute atomic E-state index is 0.115. The van der Waals surface area contributed by atoms with Gasteiger partial charge in [0.05, 0.1) is 0 Å². The van der Waals surface area contributed by atoms with E-state index in [0.717, 1.165) is 22.3 Å². The van der Waals surface area contributed by atoms with Crippen LogP contribution in [0.1, 0.15) is 13.3 Å². The van der Waals surface area contributed by atoms with Gasteiger partial charge in [0, 0.05) is 48.4 Å². The molecule has 3 rings (SSSR count). The van der Waals surface area contributed by atoms with Crippen molar-refractivity contribution in [2.75, 3.05) is 17.2 Å². The molecule has 1 N–H and O–H groups in total. The maximum atomic E-state index is 12.1. The van der Waals surface area contributed by atoms with E-state index >= 15 is 0 Å². The number of H-pyrrole nitrogens is 1. The molecule has 1 atom stereocenters. The molecule has 1 aromatic carbocycles. The number of rotatable bonds is 3. The molecular formula is C15H16N2O2S. The van der Waals surface area contributed by atoms with Gasteiger partial charge >= 0.3 is 0 Å². The molecule has 20 heavy (non-hydrogen) atoms. The van der Waals surface area contributed by atoms with Gasteiger partial charge in [0.15, 0.2) is 5.12 Å². The summed E-state index contributed by atoms with van der Waals surface area (Å²) >= 11 is 1.31. The average Bonchev–Trinajstić information content (AvgIpc) is 3.01. The lowest BCUT2D eigenvalue weighted by Crippen LogP contribution is -2.24. The predicted octanol–water partition coefficient (Wildman–Crippen LogP) is 2.80. The van der Waals surface area contributed by atoms with E-state index in [1.54, 1.807) is 6.92 Å². The van der Waals surface area contributed by atoms with Gasteiger partial charge in [-0.2, -0.15) is 0 Å². The Balaban J connectivity index is 1.76. The van der Waals surface area contributed by atoms with E-state index in [1.807, 2.05) is 35.4 Å². The molecule has 4 nitrogen and oxygen atoms in total. The summed E-state index contributed by atoms with van der Waals surface area (Å²) in [6.07, 6.45) is 2.43. The molecule has 2 heterocycles. The van der Waals surface area contributed by atoms with Crippen molar-refractivity contribution in [2.45, 2.75) is 13.3 Å². The van der Waals surface area contributed by atoms with E-state index in [2.05, 4.69) is 4.98 Å². The van der Waals surface area contributed by atoms with Gasteiger partial charge in [-0.15, -0.1) is 0 Å². The Morgan fingerprint density at radius 1 is 1.45 bits per heavy atom. The van der Waals surface area contributed by atoms with Gasteiger partial charge < -0.3 is 9.88 Å². The zero-order valence-corrected chi connectivity index (χ0v) is 12.1. The lowest BCUT2D eigenvalue weighted by molar-refractivity contribution is -0.117. The highest BCUT2D eigenvalue weighted by molar-refractivity contribution is 8.13. The zero-order chi connectivity index (χ0) is 14.1. The van der Waals surface area contributed by atoms with Crippen LogP contribution in [0.2, 0.25) is 0 Å². The van der Waals surface area contributed by atoms with Crippen molar-refractivity contribution < 1.29 is 9.59 Å². The van der Waals surface area contributed by atoms with E-state index in [-0.39, 0.29) is 16.9 Å². The number of aromatic amines is 1. The minimum Gasteiger partial charge on any atom is -0.361 e. The van der Waals surface area contributed by atoms with Crippen molar-refractivity contribution in [3.05, 3.63) is 30.5 Å². The van der Waals surface area contributed by atoms with Crippen molar-refractivity contribution in [3.63, 3.8) is 0 Å². The molecule has 1 fully saturated rings. The topological polar surface area (TPSA) is 53.2 Å². The van der Waals surface area contributed by atoms with Crippen molar-refractivity contribution in [2.24, 2.45) is 5.92 Å². The Morgan fingerprint density at radius 3 is 3.10 bits per heavy atom. The number of nitrogens with zero attached hydrogens (tertiary/aromatic N) is 1. The maximum Gasteiger partial charge on any atom is 0.227 e. The first-order valence-corrected chi connectivity index (χ1v) is 7.63. The van der Waals surface area contributed by atoms with Crippen LogP contribution in [0.3, 0.4) is 0 Å². The van der Waals surface area contributed by atoms with Gasteiger partial charge in [-0.05, 0) is 30.2 Å². The highest BCUT2D eigenvalue weighted by Gasteiger charge is 2.30. The Bertz CT molecular complexity index is 665. The number of hydrogen-bond donors (Lipinski definition) is 1. The van der Waals surface area contributed by atoms with E-state index in [4.69, 9.17) is 0 Å². The van der Waals surface area contributed by atoms with E-state index in [0.29, 0.717) is 13.0 Å². The average molecular weight is 288 g/mol. The molecule has 1 unspecified atom stereocenters. The van der Waals surface area contributed by atoms with Crippen molar-refractivity contribution in [1.29, 1.82) is 0 Å². The Kier molecular flexibility index (Phi) is 3.53. The van der Waals surface area contributed by atoms with Gasteiger partial charge in [0.1, 0.15) is 0 Å². The Morgan fingerprint density at radius 2 is 2.30 bits per heavy atom. The SMILES string of the molecule is CC(=O)SCC1CC(=O)N(c2ccc3[nH]ccc3c2)C1. The second-order valence-corrected chi connectivity index (χ2v) is 6.32. The van der Waals surface area contributed by atoms with Crippen LogP contribution >= 0.6 is 11.8 Å². The Labute approximate surface area is 121 Å².